The highest BCUT2D eigenvalue weighted by atomic mass is 32.2. The summed E-state index contributed by atoms with van der Waals surface area (Å²) in [6.07, 6.45) is 0.534. The molecule has 0 bridgehead atoms. The number of aromatic nitrogens is 3. The minimum Gasteiger partial charge on any atom is -0.480 e. The van der Waals surface area contributed by atoms with Crippen molar-refractivity contribution in [3.05, 3.63) is 5.82 Å². The van der Waals surface area contributed by atoms with Gasteiger partial charge in [-0.05, 0) is 26.8 Å². The average Bonchev–Trinajstić information content (AvgIpc) is 2.61. The van der Waals surface area contributed by atoms with Crippen molar-refractivity contribution in [1.29, 1.82) is 0 Å². The van der Waals surface area contributed by atoms with Crippen molar-refractivity contribution in [2.45, 2.75) is 37.9 Å². The summed E-state index contributed by atoms with van der Waals surface area (Å²) >= 11 is 1.52. The zero-order valence-corrected chi connectivity index (χ0v) is 12.0. The summed E-state index contributed by atoms with van der Waals surface area (Å²) in [5.74, 6) is 0.714. The van der Waals surface area contributed by atoms with Crippen LogP contribution >= 0.6 is 11.8 Å². The lowest BCUT2D eigenvalue weighted by molar-refractivity contribution is -0.144. The van der Waals surface area contributed by atoms with Gasteiger partial charge in [0.2, 0.25) is 0 Å². The van der Waals surface area contributed by atoms with Crippen molar-refractivity contribution in [2.75, 3.05) is 12.3 Å². The van der Waals surface area contributed by atoms with E-state index in [0.717, 1.165) is 11.0 Å². The highest BCUT2D eigenvalue weighted by Crippen LogP contribution is 2.20. The standard InChI is InChI=1S/C11H20N4O2S/c1-5-12-11(3,9(16)17)6-7-18-10-14-13-8(2)15(10)4/h12H,5-7H2,1-4H3,(H,16,17). The average molecular weight is 272 g/mol. The van der Waals surface area contributed by atoms with Crippen molar-refractivity contribution in [1.82, 2.24) is 20.1 Å². The van der Waals surface area contributed by atoms with E-state index in [0.29, 0.717) is 18.7 Å². The Hall–Kier alpha value is -1.08. The van der Waals surface area contributed by atoms with E-state index in [9.17, 15) is 9.90 Å². The van der Waals surface area contributed by atoms with Gasteiger partial charge in [0, 0.05) is 12.8 Å². The predicted octanol–water partition coefficient (Wildman–Crippen LogP) is 1.06. The lowest BCUT2D eigenvalue weighted by atomic mass is 9.99. The summed E-state index contributed by atoms with van der Waals surface area (Å²) < 4.78 is 1.90. The quantitative estimate of drug-likeness (QED) is 0.722. The molecule has 0 amide bonds. The van der Waals surface area contributed by atoms with Crippen LogP contribution in [0, 0.1) is 6.92 Å². The zero-order valence-electron chi connectivity index (χ0n) is 11.2. The van der Waals surface area contributed by atoms with Crippen LogP contribution in [-0.2, 0) is 11.8 Å². The van der Waals surface area contributed by atoms with E-state index in [1.54, 1.807) is 6.92 Å². The summed E-state index contributed by atoms with van der Waals surface area (Å²) in [5.41, 5.74) is -0.880. The highest BCUT2D eigenvalue weighted by Gasteiger charge is 2.31. The van der Waals surface area contributed by atoms with Gasteiger partial charge in [0.25, 0.3) is 0 Å². The van der Waals surface area contributed by atoms with Gasteiger partial charge in [-0.2, -0.15) is 0 Å². The SMILES string of the molecule is CCNC(C)(CCSc1nnc(C)n1C)C(=O)O. The molecule has 0 aliphatic carbocycles. The lowest BCUT2D eigenvalue weighted by Crippen LogP contribution is -2.49. The number of rotatable bonds is 7. The number of likely N-dealkylation sites (N-methyl/N-ethyl adjacent to an activating group) is 1. The van der Waals surface area contributed by atoms with E-state index in [4.69, 9.17) is 0 Å². The first-order valence-electron chi connectivity index (χ1n) is 5.88. The predicted molar refractivity (Wildman–Crippen MR) is 70.8 cm³/mol. The third-order valence-corrected chi connectivity index (χ3v) is 3.95. The monoisotopic (exact) mass is 272 g/mol. The van der Waals surface area contributed by atoms with E-state index in [1.165, 1.54) is 11.8 Å². The van der Waals surface area contributed by atoms with Crippen molar-refractivity contribution >= 4 is 17.7 Å². The minimum absolute atomic E-state index is 0.534. The normalized spacial score (nSPS) is 14.4. The van der Waals surface area contributed by atoms with Crippen LogP contribution in [0.1, 0.15) is 26.1 Å². The third kappa shape index (κ3) is 3.46. The van der Waals surface area contributed by atoms with Crippen LogP contribution in [0.2, 0.25) is 0 Å². The highest BCUT2D eigenvalue weighted by molar-refractivity contribution is 7.99. The van der Waals surface area contributed by atoms with E-state index in [1.807, 2.05) is 25.5 Å². The number of carboxylic acids is 1. The summed E-state index contributed by atoms with van der Waals surface area (Å²) in [7, 11) is 1.90. The number of carbonyl (C=O) groups is 1. The van der Waals surface area contributed by atoms with Crippen LogP contribution in [0.25, 0.3) is 0 Å². The van der Waals surface area contributed by atoms with Crippen LogP contribution in [0.5, 0.6) is 0 Å². The van der Waals surface area contributed by atoms with Gasteiger partial charge in [-0.3, -0.25) is 4.79 Å². The second-order valence-electron chi connectivity index (χ2n) is 4.35. The van der Waals surface area contributed by atoms with Crippen molar-refractivity contribution in [3.63, 3.8) is 0 Å². The Balaban J connectivity index is 2.54. The molecule has 0 aliphatic rings. The third-order valence-electron chi connectivity index (χ3n) is 2.92. The van der Waals surface area contributed by atoms with Crippen LogP contribution < -0.4 is 5.32 Å². The molecule has 0 aromatic carbocycles. The molecule has 1 heterocycles. The molecule has 7 heteroatoms. The largest absolute Gasteiger partial charge is 0.480 e. The Labute approximate surface area is 111 Å². The van der Waals surface area contributed by atoms with E-state index in [-0.39, 0.29) is 0 Å². The minimum atomic E-state index is -0.880. The summed E-state index contributed by atoms with van der Waals surface area (Å²) in [5, 5.41) is 21.0. The maximum absolute atomic E-state index is 11.2. The Bertz CT molecular complexity index is 421. The number of nitrogens with one attached hydrogen (secondary N) is 1. The molecule has 0 saturated carbocycles. The molecule has 0 spiro atoms. The molecule has 1 atom stereocenters. The molecular weight excluding hydrogens is 252 g/mol. The Morgan fingerprint density at radius 2 is 2.22 bits per heavy atom. The first kappa shape index (κ1) is 15.0. The summed E-state index contributed by atoms with van der Waals surface area (Å²) in [6, 6.07) is 0. The molecule has 102 valence electrons. The molecule has 0 saturated heterocycles. The molecular formula is C11H20N4O2S. The molecule has 0 aliphatic heterocycles. The zero-order chi connectivity index (χ0) is 13.8. The fourth-order valence-electron chi connectivity index (χ4n) is 1.52. The maximum atomic E-state index is 11.2. The van der Waals surface area contributed by atoms with Gasteiger partial charge in [-0.1, -0.05) is 18.7 Å². The van der Waals surface area contributed by atoms with Crippen molar-refractivity contribution in [3.8, 4) is 0 Å². The van der Waals surface area contributed by atoms with Crippen LogP contribution in [0.4, 0.5) is 0 Å². The number of nitrogens with zero attached hydrogens (tertiary/aromatic N) is 3. The van der Waals surface area contributed by atoms with Gasteiger partial charge in [0.05, 0.1) is 0 Å². The molecule has 2 N–H and O–H groups in total. The van der Waals surface area contributed by atoms with Crippen LogP contribution in [0.15, 0.2) is 5.16 Å². The molecule has 1 rings (SSSR count). The molecule has 1 aromatic heterocycles. The van der Waals surface area contributed by atoms with Gasteiger partial charge in [0.1, 0.15) is 11.4 Å². The van der Waals surface area contributed by atoms with E-state index >= 15 is 0 Å². The van der Waals surface area contributed by atoms with Crippen molar-refractivity contribution in [2.24, 2.45) is 7.05 Å². The topological polar surface area (TPSA) is 80.0 Å². The number of thioether (sulfide) groups is 1. The maximum Gasteiger partial charge on any atom is 0.323 e. The second-order valence-corrected chi connectivity index (χ2v) is 5.42. The Morgan fingerprint density at radius 3 is 2.67 bits per heavy atom. The van der Waals surface area contributed by atoms with Gasteiger partial charge in [-0.25, -0.2) is 0 Å². The fourth-order valence-corrected chi connectivity index (χ4v) is 2.64. The number of aryl methyl sites for hydroxylation is 1. The number of aliphatic carboxylic acids is 1. The molecule has 0 radical (unpaired) electrons. The number of hydrogen-bond acceptors (Lipinski definition) is 5. The van der Waals surface area contributed by atoms with Gasteiger partial charge in [0.15, 0.2) is 5.16 Å². The summed E-state index contributed by atoms with van der Waals surface area (Å²) in [6.45, 7) is 6.13. The van der Waals surface area contributed by atoms with Gasteiger partial charge < -0.3 is 15.0 Å². The number of hydrogen-bond donors (Lipinski definition) is 2. The molecule has 6 nitrogen and oxygen atoms in total. The Kier molecular flexibility index (Phi) is 5.15. The second kappa shape index (κ2) is 6.19. The molecule has 1 unspecified atom stereocenters. The molecule has 0 fully saturated rings. The summed E-state index contributed by atoms with van der Waals surface area (Å²) in [4.78, 5) is 11.2. The lowest BCUT2D eigenvalue weighted by Gasteiger charge is -2.25. The van der Waals surface area contributed by atoms with Crippen LogP contribution in [0.3, 0.4) is 0 Å². The molecule has 18 heavy (non-hydrogen) atoms. The van der Waals surface area contributed by atoms with Crippen LogP contribution in [-0.4, -0.2) is 43.7 Å². The first-order valence-corrected chi connectivity index (χ1v) is 6.86. The van der Waals surface area contributed by atoms with Crippen molar-refractivity contribution < 1.29 is 9.90 Å². The fraction of sp³-hybridized carbons (Fsp3) is 0.727. The van der Waals surface area contributed by atoms with Gasteiger partial charge in [-0.15, -0.1) is 10.2 Å². The van der Waals surface area contributed by atoms with Gasteiger partial charge >= 0.3 is 5.97 Å². The number of carboxylic acid groups (broad SMARTS) is 1. The van der Waals surface area contributed by atoms with E-state index in [2.05, 4.69) is 15.5 Å². The first-order chi connectivity index (χ1) is 8.40. The molecule has 1 aromatic rings. The smallest absolute Gasteiger partial charge is 0.323 e. The van der Waals surface area contributed by atoms with E-state index < -0.39 is 11.5 Å². The Morgan fingerprint density at radius 1 is 1.56 bits per heavy atom.